The molecule has 2 heterocycles. The maximum atomic E-state index is 12.7. The van der Waals surface area contributed by atoms with Gasteiger partial charge in [0.05, 0.1) is 12.1 Å². The molecule has 2 aromatic rings. The third kappa shape index (κ3) is 3.42. The monoisotopic (exact) mass is 342 g/mol. The molecule has 1 N–H and O–H groups in total. The van der Waals surface area contributed by atoms with E-state index in [4.69, 9.17) is 4.42 Å². The summed E-state index contributed by atoms with van der Waals surface area (Å²) >= 11 is 0. The van der Waals surface area contributed by atoms with Crippen LogP contribution in [0.25, 0.3) is 11.1 Å². The van der Waals surface area contributed by atoms with Crippen molar-refractivity contribution in [2.45, 2.75) is 38.9 Å². The smallest absolute Gasteiger partial charge is 0.416 e. The van der Waals surface area contributed by atoms with E-state index in [1.165, 1.54) is 6.07 Å². The van der Waals surface area contributed by atoms with Gasteiger partial charge in [-0.3, -0.25) is 4.90 Å². The molecule has 1 aliphatic rings. The average molecular weight is 342 g/mol. The summed E-state index contributed by atoms with van der Waals surface area (Å²) in [4.78, 5) is 6.37. The molecule has 0 bridgehead atoms. The molecule has 0 atom stereocenters. The van der Waals surface area contributed by atoms with Crippen LogP contribution in [0.4, 0.5) is 13.2 Å². The lowest BCUT2D eigenvalue weighted by Crippen LogP contribution is -2.41. The van der Waals surface area contributed by atoms with Crippen LogP contribution in [0.3, 0.4) is 0 Å². The van der Waals surface area contributed by atoms with Crippen LogP contribution in [0.1, 0.15) is 37.6 Å². The minimum absolute atomic E-state index is 0.000579. The zero-order valence-electron chi connectivity index (χ0n) is 13.6. The Morgan fingerprint density at radius 3 is 2.58 bits per heavy atom. The highest BCUT2D eigenvalue weighted by atomic mass is 19.4. The Morgan fingerprint density at radius 2 is 2.00 bits per heavy atom. The van der Waals surface area contributed by atoms with Crippen LogP contribution in [-0.4, -0.2) is 34.7 Å². The Labute approximate surface area is 138 Å². The van der Waals surface area contributed by atoms with Crippen molar-refractivity contribution < 1.29 is 22.7 Å². The van der Waals surface area contributed by atoms with Crippen LogP contribution in [0.15, 0.2) is 22.6 Å². The summed E-state index contributed by atoms with van der Waals surface area (Å²) in [5.74, 6) is 0.428. The van der Waals surface area contributed by atoms with Crippen molar-refractivity contribution >= 4 is 11.1 Å². The van der Waals surface area contributed by atoms with Crippen LogP contribution in [0.2, 0.25) is 0 Å². The first-order valence-electron chi connectivity index (χ1n) is 8.15. The number of nitrogens with zero attached hydrogens (tertiary/aromatic N) is 2. The first kappa shape index (κ1) is 17.2. The largest absolute Gasteiger partial charge is 0.439 e. The minimum atomic E-state index is -4.38. The molecule has 24 heavy (non-hydrogen) atoms. The van der Waals surface area contributed by atoms with Crippen molar-refractivity contribution in [3.8, 4) is 0 Å². The third-order valence-corrected chi connectivity index (χ3v) is 5.12. The molecule has 1 aromatic carbocycles. The number of rotatable bonds is 4. The van der Waals surface area contributed by atoms with E-state index >= 15 is 0 Å². The predicted molar refractivity (Wildman–Crippen MR) is 83.3 cm³/mol. The van der Waals surface area contributed by atoms with E-state index in [1.54, 1.807) is 0 Å². The van der Waals surface area contributed by atoms with Gasteiger partial charge in [-0.1, -0.05) is 6.92 Å². The van der Waals surface area contributed by atoms with Gasteiger partial charge in [0.1, 0.15) is 5.52 Å². The number of aliphatic hydroxyl groups is 1. The number of hydrogen-bond donors (Lipinski definition) is 1. The Bertz CT molecular complexity index is 697. The van der Waals surface area contributed by atoms with Crippen molar-refractivity contribution in [1.82, 2.24) is 9.88 Å². The van der Waals surface area contributed by atoms with Gasteiger partial charge in [0, 0.05) is 6.61 Å². The number of likely N-dealkylation sites (tertiary alicyclic amines) is 1. The van der Waals surface area contributed by atoms with Crippen molar-refractivity contribution in [3.05, 3.63) is 29.7 Å². The van der Waals surface area contributed by atoms with Crippen LogP contribution in [0, 0.1) is 5.41 Å². The molecule has 4 nitrogen and oxygen atoms in total. The van der Waals surface area contributed by atoms with Gasteiger partial charge in [-0.05, 0) is 56.0 Å². The highest BCUT2D eigenvalue weighted by molar-refractivity contribution is 5.73. The SMILES string of the molecule is CCC1(CO)CCN(Cc2nc3cc(C(F)(F)F)ccc3o2)CC1. The van der Waals surface area contributed by atoms with Gasteiger partial charge in [-0.25, -0.2) is 4.98 Å². The summed E-state index contributed by atoms with van der Waals surface area (Å²) in [5.41, 5.74) is -0.119. The quantitative estimate of drug-likeness (QED) is 0.917. The topological polar surface area (TPSA) is 49.5 Å². The first-order chi connectivity index (χ1) is 11.3. The summed E-state index contributed by atoms with van der Waals surface area (Å²) < 4.78 is 43.8. The number of benzene rings is 1. The maximum Gasteiger partial charge on any atom is 0.416 e. The molecule has 1 aromatic heterocycles. The third-order valence-electron chi connectivity index (χ3n) is 5.12. The van der Waals surface area contributed by atoms with Crippen LogP contribution < -0.4 is 0 Å². The van der Waals surface area contributed by atoms with Crippen LogP contribution >= 0.6 is 0 Å². The lowest BCUT2D eigenvalue weighted by atomic mass is 9.77. The summed E-state index contributed by atoms with van der Waals surface area (Å²) in [6.45, 7) is 4.40. The summed E-state index contributed by atoms with van der Waals surface area (Å²) in [6.07, 6.45) is -1.63. The Kier molecular flexibility index (Phi) is 4.57. The lowest BCUT2D eigenvalue weighted by Gasteiger charge is -2.39. The van der Waals surface area contributed by atoms with E-state index in [-0.39, 0.29) is 17.5 Å². The van der Waals surface area contributed by atoms with Crippen molar-refractivity contribution in [3.63, 3.8) is 0 Å². The molecule has 3 rings (SSSR count). The summed E-state index contributed by atoms with van der Waals surface area (Å²) in [7, 11) is 0. The van der Waals surface area contributed by atoms with Crippen molar-refractivity contribution in [2.75, 3.05) is 19.7 Å². The fourth-order valence-electron chi connectivity index (χ4n) is 3.22. The molecule has 132 valence electrons. The Hall–Kier alpha value is -1.60. The zero-order valence-corrected chi connectivity index (χ0v) is 13.6. The number of halogens is 3. The molecule has 7 heteroatoms. The number of aromatic nitrogens is 1. The van der Waals surface area contributed by atoms with Gasteiger partial charge in [-0.15, -0.1) is 0 Å². The molecule has 1 saturated heterocycles. The second-order valence-corrected chi connectivity index (χ2v) is 6.58. The van der Waals surface area contributed by atoms with Crippen molar-refractivity contribution in [1.29, 1.82) is 0 Å². The number of alkyl halides is 3. The van der Waals surface area contributed by atoms with Gasteiger partial charge >= 0.3 is 6.18 Å². The molecule has 1 fully saturated rings. The summed E-state index contributed by atoms with van der Waals surface area (Å²) in [6, 6.07) is 3.35. The zero-order chi connectivity index (χ0) is 17.4. The number of oxazole rings is 1. The predicted octanol–water partition coefficient (Wildman–Crippen LogP) is 3.83. The van der Waals surface area contributed by atoms with Crippen molar-refractivity contribution in [2.24, 2.45) is 5.41 Å². The highest BCUT2D eigenvalue weighted by Crippen LogP contribution is 2.35. The number of piperidine rings is 1. The van der Waals surface area contributed by atoms with Gasteiger partial charge in [-0.2, -0.15) is 13.2 Å². The summed E-state index contributed by atoms with van der Waals surface area (Å²) in [5, 5.41) is 9.56. The minimum Gasteiger partial charge on any atom is -0.439 e. The molecule has 0 unspecified atom stereocenters. The van der Waals surface area contributed by atoms with E-state index < -0.39 is 11.7 Å². The molecule has 0 spiro atoms. The second-order valence-electron chi connectivity index (χ2n) is 6.58. The average Bonchev–Trinajstić information content (AvgIpc) is 2.96. The number of aliphatic hydroxyl groups excluding tert-OH is 1. The maximum absolute atomic E-state index is 12.7. The van der Waals surface area contributed by atoms with Gasteiger partial charge in [0.15, 0.2) is 5.58 Å². The van der Waals surface area contributed by atoms with E-state index in [1.807, 2.05) is 0 Å². The second kappa shape index (κ2) is 6.37. The highest BCUT2D eigenvalue weighted by Gasteiger charge is 2.33. The molecule has 0 aliphatic carbocycles. The molecular formula is C17H21F3N2O2. The van der Waals surface area contributed by atoms with E-state index in [9.17, 15) is 18.3 Å². The van der Waals surface area contributed by atoms with Gasteiger partial charge in [0.25, 0.3) is 0 Å². The fourth-order valence-corrected chi connectivity index (χ4v) is 3.22. The van der Waals surface area contributed by atoms with E-state index in [0.717, 1.165) is 44.5 Å². The molecule has 0 saturated carbocycles. The number of hydrogen-bond acceptors (Lipinski definition) is 4. The van der Waals surface area contributed by atoms with E-state index in [0.29, 0.717) is 18.0 Å². The lowest BCUT2D eigenvalue weighted by molar-refractivity contribution is -0.137. The van der Waals surface area contributed by atoms with Crippen LogP contribution in [0.5, 0.6) is 0 Å². The van der Waals surface area contributed by atoms with Crippen LogP contribution in [-0.2, 0) is 12.7 Å². The molecule has 1 aliphatic heterocycles. The standard InChI is InChI=1S/C17H21F3N2O2/c1-2-16(11-23)5-7-22(8-6-16)10-15-21-13-9-12(17(18,19)20)3-4-14(13)24-15/h3-4,9,23H,2,5-8,10-11H2,1H3. The number of fused-ring (bicyclic) bond motifs is 1. The fraction of sp³-hybridized carbons (Fsp3) is 0.588. The van der Waals surface area contributed by atoms with E-state index in [2.05, 4.69) is 16.8 Å². The molecule has 0 radical (unpaired) electrons. The Morgan fingerprint density at radius 1 is 1.29 bits per heavy atom. The molecular weight excluding hydrogens is 321 g/mol. The molecule has 0 amide bonds. The normalized spacial score (nSPS) is 19.0. The van der Waals surface area contributed by atoms with Gasteiger partial charge < -0.3 is 9.52 Å². The van der Waals surface area contributed by atoms with Gasteiger partial charge in [0.2, 0.25) is 5.89 Å². The first-order valence-corrected chi connectivity index (χ1v) is 8.15. The Balaban J connectivity index is 1.70.